The number of nitrogens with zero attached hydrogens (tertiary/aromatic N) is 2. The van der Waals surface area contributed by atoms with Gasteiger partial charge in [-0.25, -0.2) is 0 Å². The second-order valence-corrected chi connectivity index (χ2v) is 8.64. The van der Waals surface area contributed by atoms with E-state index in [2.05, 4.69) is 30.6 Å². The lowest BCUT2D eigenvalue weighted by Gasteiger charge is -2.45. The average Bonchev–Trinajstić information content (AvgIpc) is 2.53. The minimum Gasteiger partial charge on any atom is -0.342 e. The van der Waals surface area contributed by atoms with Crippen molar-refractivity contribution in [1.82, 2.24) is 9.80 Å². The fraction of sp³-hybridized carbons (Fsp3) is 0.950. The second-order valence-electron chi connectivity index (χ2n) is 8.64. The van der Waals surface area contributed by atoms with Crippen LogP contribution in [0, 0.1) is 23.7 Å². The van der Waals surface area contributed by atoms with Crippen molar-refractivity contribution in [1.29, 1.82) is 0 Å². The van der Waals surface area contributed by atoms with Gasteiger partial charge in [0.1, 0.15) is 0 Å². The molecule has 3 heteroatoms. The van der Waals surface area contributed by atoms with E-state index in [1.807, 2.05) is 0 Å². The van der Waals surface area contributed by atoms with E-state index in [0.717, 1.165) is 62.8 Å². The molecule has 1 saturated carbocycles. The molecule has 3 rings (SSSR count). The zero-order valence-corrected chi connectivity index (χ0v) is 15.5. The van der Waals surface area contributed by atoms with Gasteiger partial charge in [-0.3, -0.25) is 4.79 Å². The summed E-state index contributed by atoms with van der Waals surface area (Å²) in [5.41, 5.74) is 0. The molecule has 1 aliphatic carbocycles. The molecule has 0 radical (unpaired) electrons. The highest BCUT2D eigenvalue weighted by molar-refractivity contribution is 5.79. The van der Waals surface area contributed by atoms with Crippen LogP contribution in [0.5, 0.6) is 0 Å². The zero-order valence-electron chi connectivity index (χ0n) is 15.5. The van der Waals surface area contributed by atoms with Gasteiger partial charge in [0.05, 0.1) is 0 Å². The van der Waals surface area contributed by atoms with Crippen LogP contribution in [-0.4, -0.2) is 47.9 Å². The molecule has 0 bridgehead atoms. The number of amides is 1. The van der Waals surface area contributed by atoms with Crippen molar-refractivity contribution in [2.75, 3.05) is 26.2 Å². The van der Waals surface area contributed by atoms with E-state index in [9.17, 15) is 4.79 Å². The molecule has 3 nitrogen and oxygen atoms in total. The van der Waals surface area contributed by atoms with Crippen molar-refractivity contribution in [2.24, 2.45) is 23.7 Å². The molecular formula is C20H36N2O. The molecule has 2 heterocycles. The Morgan fingerprint density at radius 2 is 1.61 bits per heavy atom. The van der Waals surface area contributed by atoms with Crippen LogP contribution in [0.2, 0.25) is 0 Å². The second kappa shape index (κ2) is 7.55. The third-order valence-corrected chi connectivity index (χ3v) is 6.95. The summed E-state index contributed by atoms with van der Waals surface area (Å²) in [6.45, 7) is 11.2. The molecule has 2 saturated heterocycles. The first-order valence-electron chi connectivity index (χ1n) is 10.1. The van der Waals surface area contributed by atoms with E-state index in [1.54, 1.807) is 0 Å². The summed E-state index contributed by atoms with van der Waals surface area (Å²) in [6.07, 6.45) is 9.16. The van der Waals surface area contributed by atoms with Crippen molar-refractivity contribution in [2.45, 2.75) is 71.8 Å². The lowest BCUT2D eigenvalue weighted by Crippen LogP contribution is -2.55. The molecule has 0 atom stereocenters. The molecule has 1 amide bonds. The lowest BCUT2D eigenvalue weighted by molar-refractivity contribution is -0.145. The first kappa shape index (κ1) is 17.3. The molecule has 132 valence electrons. The molecule has 0 N–H and O–H groups in total. The fourth-order valence-electron chi connectivity index (χ4n) is 4.80. The Morgan fingerprint density at radius 1 is 1.00 bits per heavy atom. The number of carbonyl (C=O) groups excluding carboxylic acids is 1. The standard InChI is InChI=1S/C20H36N2O/c1-4-16-5-7-19(8-6-16)21-11-9-17(10-12-21)20(23)22-13-18(14-22)15(2)3/h15-19H,4-14H2,1-3H3. The van der Waals surface area contributed by atoms with Crippen molar-refractivity contribution >= 4 is 5.91 Å². The minimum atomic E-state index is 0.311. The van der Waals surface area contributed by atoms with E-state index >= 15 is 0 Å². The van der Waals surface area contributed by atoms with Gasteiger partial charge in [0.25, 0.3) is 0 Å². The summed E-state index contributed by atoms with van der Waals surface area (Å²) < 4.78 is 0. The normalized spacial score (nSPS) is 31.4. The summed E-state index contributed by atoms with van der Waals surface area (Å²) in [5, 5.41) is 0. The largest absolute Gasteiger partial charge is 0.342 e. The molecular weight excluding hydrogens is 284 g/mol. The molecule has 0 aromatic carbocycles. The molecule has 0 aromatic rings. The van der Waals surface area contributed by atoms with Crippen LogP contribution in [0.1, 0.15) is 65.7 Å². The van der Waals surface area contributed by atoms with Gasteiger partial charge in [0, 0.05) is 25.0 Å². The first-order valence-corrected chi connectivity index (χ1v) is 10.1. The summed E-state index contributed by atoms with van der Waals surface area (Å²) in [7, 11) is 0. The Labute approximate surface area is 142 Å². The van der Waals surface area contributed by atoms with Crippen molar-refractivity contribution in [3.05, 3.63) is 0 Å². The lowest BCUT2D eigenvalue weighted by atomic mass is 9.82. The van der Waals surface area contributed by atoms with Crippen LogP contribution in [-0.2, 0) is 4.79 Å². The monoisotopic (exact) mass is 320 g/mol. The Balaban J connectivity index is 1.40. The van der Waals surface area contributed by atoms with Crippen LogP contribution < -0.4 is 0 Å². The van der Waals surface area contributed by atoms with Crippen LogP contribution in [0.15, 0.2) is 0 Å². The minimum absolute atomic E-state index is 0.311. The molecule has 2 aliphatic heterocycles. The van der Waals surface area contributed by atoms with E-state index in [-0.39, 0.29) is 0 Å². The molecule has 23 heavy (non-hydrogen) atoms. The van der Waals surface area contributed by atoms with Crippen LogP contribution in [0.3, 0.4) is 0 Å². The fourth-order valence-corrected chi connectivity index (χ4v) is 4.80. The Morgan fingerprint density at radius 3 is 2.13 bits per heavy atom. The van der Waals surface area contributed by atoms with Crippen LogP contribution >= 0.6 is 0 Å². The van der Waals surface area contributed by atoms with Gasteiger partial charge < -0.3 is 9.80 Å². The van der Waals surface area contributed by atoms with Gasteiger partial charge in [-0.15, -0.1) is 0 Å². The maximum atomic E-state index is 12.6. The third kappa shape index (κ3) is 3.92. The predicted molar refractivity (Wildman–Crippen MR) is 95.2 cm³/mol. The van der Waals surface area contributed by atoms with E-state index in [0.29, 0.717) is 11.8 Å². The molecule has 0 spiro atoms. The van der Waals surface area contributed by atoms with E-state index < -0.39 is 0 Å². The van der Waals surface area contributed by atoms with Gasteiger partial charge in [-0.1, -0.05) is 27.2 Å². The predicted octanol–water partition coefficient (Wildman–Crippen LogP) is 3.78. The zero-order chi connectivity index (χ0) is 16.4. The molecule has 3 fully saturated rings. The molecule has 0 aromatic heterocycles. The number of piperidine rings is 1. The van der Waals surface area contributed by atoms with Gasteiger partial charge in [-0.05, 0) is 69.4 Å². The first-order chi connectivity index (χ1) is 11.1. The quantitative estimate of drug-likeness (QED) is 0.787. The van der Waals surface area contributed by atoms with E-state index in [1.165, 1.54) is 32.1 Å². The summed E-state index contributed by atoms with van der Waals surface area (Å²) in [4.78, 5) is 17.4. The molecule has 0 unspecified atom stereocenters. The summed E-state index contributed by atoms with van der Waals surface area (Å²) in [5.74, 6) is 3.21. The number of hydrogen-bond acceptors (Lipinski definition) is 2. The highest BCUT2D eigenvalue weighted by atomic mass is 16.2. The van der Waals surface area contributed by atoms with Crippen molar-refractivity contribution in [3.63, 3.8) is 0 Å². The van der Waals surface area contributed by atoms with Crippen molar-refractivity contribution < 1.29 is 4.79 Å². The topological polar surface area (TPSA) is 23.6 Å². The third-order valence-electron chi connectivity index (χ3n) is 6.95. The van der Waals surface area contributed by atoms with Crippen molar-refractivity contribution in [3.8, 4) is 0 Å². The maximum Gasteiger partial charge on any atom is 0.225 e. The van der Waals surface area contributed by atoms with Crippen LogP contribution in [0.25, 0.3) is 0 Å². The number of likely N-dealkylation sites (tertiary alicyclic amines) is 2. The van der Waals surface area contributed by atoms with Gasteiger partial charge in [0.15, 0.2) is 0 Å². The van der Waals surface area contributed by atoms with Gasteiger partial charge in [-0.2, -0.15) is 0 Å². The summed E-state index contributed by atoms with van der Waals surface area (Å²) in [6, 6.07) is 0.809. The SMILES string of the molecule is CCC1CCC(N2CCC(C(=O)N3CC(C(C)C)C3)CC2)CC1. The average molecular weight is 321 g/mol. The number of rotatable bonds is 4. The van der Waals surface area contributed by atoms with E-state index in [4.69, 9.17) is 0 Å². The van der Waals surface area contributed by atoms with Gasteiger partial charge >= 0.3 is 0 Å². The maximum absolute atomic E-state index is 12.6. The molecule has 3 aliphatic rings. The number of carbonyl (C=O) groups is 1. The Kier molecular flexibility index (Phi) is 5.66. The Hall–Kier alpha value is -0.570. The smallest absolute Gasteiger partial charge is 0.225 e. The van der Waals surface area contributed by atoms with Gasteiger partial charge in [0.2, 0.25) is 5.91 Å². The summed E-state index contributed by atoms with van der Waals surface area (Å²) >= 11 is 0. The highest BCUT2D eigenvalue weighted by Gasteiger charge is 2.37. The number of hydrogen-bond donors (Lipinski definition) is 0. The Bertz CT molecular complexity index is 386. The van der Waals surface area contributed by atoms with Crippen LogP contribution in [0.4, 0.5) is 0 Å². The highest BCUT2D eigenvalue weighted by Crippen LogP contribution is 2.33.